The van der Waals surface area contributed by atoms with Crippen LogP contribution in [0.2, 0.25) is 0 Å². The Balaban J connectivity index is 0. The number of ether oxygens (including phenoxy) is 1. The van der Waals surface area contributed by atoms with Crippen LogP contribution in [-0.4, -0.2) is 36.9 Å². The van der Waals surface area contributed by atoms with E-state index in [0.717, 1.165) is 7.11 Å². The molecule has 0 aromatic heterocycles. The van der Waals surface area contributed by atoms with Gasteiger partial charge in [0.1, 0.15) is 5.60 Å². The summed E-state index contributed by atoms with van der Waals surface area (Å²) in [6.45, 7) is 5.06. The Bertz CT molecular complexity index is 169. The topological polar surface area (TPSA) is 58.6 Å². The lowest BCUT2D eigenvalue weighted by atomic mass is 10.2. The monoisotopic (exact) mass is 227 g/mol. The van der Waals surface area contributed by atoms with Crippen LogP contribution in [0.4, 0.5) is 13.6 Å². The van der Waals surface area contributed by atoms with E-state index >= 15 is 0 Å². The number of carbonyl (C=O) groups excluding carboxylic acids is 1. The van der Waals surface area contributed by atoms with Crippen LogP contribution in [0.1, 0.15) is 27.2 Å². The maximum atomic E-state index is 11.6. The molecule has 0 aliphatic carbocycles. The fourth-order valence-electron chi connectivity index (χ4n) is 0.598. The highest BCUT2D eigenvalue weighted by atomic mass is 19.3. The van der Waals surface area contributed by atoms with E-state index < -0.39 is 18.1 Å². The minimum absolute atomic E-state index is 0.0629. The van der Waals surface area contributed by atoms with Gasteiger partial charge in [0.25, 0.3) is 0 Å². The molecule has 0 saturated heterocycles. The number of aliphatic hydroxyl groups excluding tert-OH is 1. The summed E-state index contributed by atoms with van der Waals surface area (Å²) in [5.41, 5.74) is -0.588. The molecule has 0 aromatic rings. The predicted molar refractivity (Wildman–Crippen MR) is 53.0 cm³/mol. The third kappa shape index (κ3) is 15.8. The Morgan fingerprint density at radius 3 is 2.20 bits per heavy atom. The summed E-state index contributed by atoms with van der Waals surface area (Å²) in [6.07, 6.45) is -3.40. The van der Waals surface area contributed by atoms with Crippen LogP contribution in [0.3, 0.4) is 0 Å². The fourth-order valence-corrected chi connectivity index (χ4v) is 0.598. The molecule has 0 atom stereocenters. The zero-order valence-corrected chi connectivity index (χ0v) is 9.51. The van der Waals surface area contributed by atoms with Gasteiger partial charge in [-0.3, -0.25) is 0 Å². The van der Waals surface area contributed by atoms with Crippen molar-refractivity contribution in [3.05, 3.63) is 0 Å². The van der Waals surface area contributed by atoms with Crippen molar-refractivity contribution in [2.24, 2.45) is 0 Å². The van der Waals surface area contributed by atoms with Gasteiger partial charge in [-0.15, -0.1) is 0 Å². The van der Waals surface area contributed by atoms with E-state index in [1.165, 1.54) is 0 Å². The van der Waals surface area contributed by atoms with E-state index in [0.29, 0.717) is 0 Å². The van der Waals surface area contributed by atoms with Gasteiger partial charge in [-0.2, -0.15) is 0 Å². The maximum Gasteiger partial charge on any atom is 0.407 e. The molecule has 0 fully saturated rings. The average Bonchev–Trinajstić information content (AvgIpc) is 2.03. The van der Waals surface area contributed by atoms with Crippen LogP contribution in [0.5, 0.6) is 0 Å². The van der Waals surface area contributed by atoms with E-state index in [1.54, 1.807) is 20.8 Å². The molecule has 1 amide bonds. The minimum Gasteiger partial charge on any atom is -0.444 e. The zero-order valence-electron chi connectivity index (χ0n) is 9.51. The van der Waals surface area contributed by atoms with Crippen LogP contribution in [0, 0.1) is 0 Å². The third-order valence-corrected chi connectivity index (χ3v) is 1.03. The maximum absolute atomic E-state index is 11.6. The summed E-state index contributed by atoms with van der Waals surface area (Å²) in [6, 6.07) is 0. The van der Waals surface area contributed by atoms with Crippen LogP contribution >= 0.6 is 0 Å². The van der Waals surface area contributed by atoms with Crippen molar-refractivity contribution in [2.45, 2.75) is 39.2 Å². The number of hydrogen-bond donors (Lipinski definition) is 2. The predicted octanol–water partition coefficient (Wildman–Crippen LogP) is 1.77. The van der Waals surface area contributed by atoms with Gasteiger partial charge >= 0.3 is 6.09 Å². The molecule has 2 N–H and O–H groups in total. The van der Waals surface area contributed by atoms with Gasteiger partial charge in [-0.1, -0.05) is 0 Å². The first kappa shape index (κ1) is 16.5. The van der Waals surface area contributed by atoms with Crippen LogP contribution in [0.15, 0.2) is 0 Å². The highest BCUT2D eigenvalue weighted by Gasteiger charge is 2.15. The van der Waals surface area contributed by atoms with Gasteiger partial charge in [0.15, 0.2) is 0 Å². The number of rotatable bonds is 3. The van der Waals surface area contributed by atoms with Crippen molar-refractivity contribution in [3.63, 3.8) is 0 Å². The summed E-state index contributed by atoms with van der Waals surface area (Å²) in [5.74, 6) is 0. The lowest BCUT2D eigenvalue weighted by molar-refractivity contribution is 0.0514. The van der Waals surface area contributed by atoms with Gasteiger partial charge in [0.05, 0.1) is 0 Å². The first-order chi connectivity index (χ1) is 6.81. The number of carbonyl (C=O) groups is 1. The third-order valence-electron chi connectivity index (χ3n) is 1.03. The molecule has 15 heavy (non-hydrogen) atoms. The summed E-state index contributed by atoms with van der Waals surface area (Å²) in [4.78, 5) is 10.9. The summed E-state index contributed by atoms with van der Waals surface area (Å²) in [5, 5.41) is 9.23. The number of aliphatic hydroxyl groups is 1. The molecular formula is C9H19F2NO3. The largest absolute Gasteiger partial charge is 0.444 e. The number of nitrogens with one attached hydrogen (secondary N) is 1. The molecule has 0 spiro atoms. The second-order valence-corrected chi connectivity index (χ2v) is 3.61. The molecule has 0 saturated carbocycles. The SMILES string of the molecule is CC(C)(C)OC(=O)NCCC(F)F.CO. The summed E-state index contributed by atoms with van der Waals surface area (Å²) >= 11 is 0. The van der Waals surface area contributed by atoms with Gasteiger partial charge in [0.2, 0.25) is 6.43 Å². The smallest absolute Gasteiger partial charge is 0.407 e. The van der Waals surface area contributed by atoms with Crippen molar-refractivity contribution in [1.82, 2.24) is 5.32 Å². The number of amides is 1. The van der Waals surface area contributed by atoms with Crippen molar-refractivity contribution in [3.8, 4) is 0 Å². The van der Waals surface area contributed by atoms with Gasteiger partial charge in [-0.25, -0.2) is 13.6 Å². The van der Waals surface area contributed by atoms with Crippen molar-refractivity contribution in [2.75, 3.05) is 13.7 Å². The fraction of sp³-hybridized carbons (Fsp3) is 0.889. The number of alkyl halides is 2. The number of alkyl carbamates (subject to hydrolysis) is 1. The first-order valence-electron chi connectivity index (χ1n) is 4.51. The molecule has 0 bridgehead atoms. The lowest BCUT2D eigenvalue weighted by Gasteiger charge is -2.19. The Labute approximate surface area is 88.6 Å². The quantitative estimate of drug-likeness (QED) is 0.772. The van der Waals surface area contributed by atoms with E-state index in [2.05, 4.69) is 5.32 Å². The second kappa shape index (κ2) is 8.40. The molecule has 0 unspecified atom stereocenters. The van der Waals surface area contributed by atoms with E-state index in [4.69, 9.17) is 9.84 Å². The number of hydrogen-bond acceptors (Lipinski definition) is 3. The molecule has 0 aliphatic heterocycles. The lowest BCUT2D eigenvalue weighted by Crippen LogP contribution is -2.33. The molecule has 0 heterocycles. The van der Waals surface area contributed by atoms with E-state index in [9.17, 15) is 13.6 Å². The Morgan fingerprint density at radius 1 is 1.40 bits per heavy atom. The Hall–Kier alpha value is -0.910. The van der Waals surface area contributed by atoms with Gasteiger partial charge in [0, 0.05) is 20.1 Å². The zero-order chi connectivity index (χ0) is 12.5. The normalized spacial score (nSPS) is 10.4. The standard InChI is InChI=1S/C8H15F2NO2.CH4O/c1-8(2,3)13-7(12)11-5-4-6(9)10;1-2/h6H,4-5H2,1-3H3,(H,11,12);2H,1H3. The molecule has 4 nitrogen and oxygen atoms in total. The van der Waals surface area contributed by atoms with Crippen LogP contribution in [0.25, 0.3) is 0 Å². The molecule has 92 valence electrons. The molecule has 0 rings (SSSR count). The Morgan fingerprint density at radius 2 is 1.87 bits per heavy atom. The number of halogens is 2. The first-order valence-corrected chi connectivity index (χ1v) is 4.51. The van der Waals surface area contributed by atoms with E-state index in [-0.39, 0.29) is 13.0 Å². The van der Waals surface area contributed by atoms with Crippen LogP contribution < -0.4 is 5.32 Å². The van der Waals surface area contributed by atoms with Gasteiger partial charge < -0.3 is 15.2 Å². The summed E-state index contributed by atoms with van der Waals surface area (Å²) in [7, 11) is 1.00. The average molecular weight is 227 g/mol. The highest BCUT2D eigenvalue weighted by molar-refractivity contribution is 5.67. The Kier molecular flexibility index (Phi) is 9.25. The minimum atomic E-state index is -2.39. The van der Waals surface area contributed by atoms with E-state index in [1.807, 2.05) is 0 Å². The molecule has 0 aliphatic rings. The van der Waals surface area contributed by atoms with Gasteiger partial charge in [-0.05, 0) is 20.8 Å². The van der Waals surface area contributed by atoms with Crippen molar-refractivity contribution < 1.29 is 23.4 Å². The second-order valence-electron chi connectivity index (χ2n) is 3.61. The van der Waals surface area contributed by atoms with Crippen molar-refractivity contribution >= 4 is 6.09 Å². The molecular weight excluding hydrogens is 208 g/mol. The highest BCUT2D eigenvalue weighted by Crippen LogP contribution is 2.06. The van der Waals surface area contributed by atoms with Crippen LogP contribution in [-0.2, 0) is 4.74 Å². The molecule has 0 radical (unpaired) electrons. The summed E-state index contributed by atoms with van der Waals surface area (Å²) < 4.78 is 28.1. The molecule has 0 aromatic carbocycles. The molecule has 6 heteroatoms. The van der Waals surface area contributed by atoms with Crippen molar-refractivity contribution in [1.29, 1.82) is 0 Å².